The third-order valence-corrected chi connectivity index (χ3v) is 8.11. The lowest BCUT2D eigenvalue weighted by Gasteiger charge is -2.31. The first-order valence-corrected chi connectivity index (χ1v) is 14.7. The van der Waals surface area contributed by atoms with Crippen LogP contribution in [0.4, 0.5) is 0 Å². The van der Waals surface area contributed by atoms with E-state index in [1.54, 1.807) is 43.4 Å². The molecule has 0 aliphatic carbocycles. The van der Waals surface area contributed by atoms with Gasteiger partial charge in [-0.05, 0) is 71.8 Å². The zero-order chi connectivity index (χ0) is 30.5. The Morgan fingerprint density at radius 1 is 0.909 bits per heavy atom. The summed E-state index contributed by atoms with van der Waals surface area (Å²) in [7, 11) is 3.20. The van der Waals surface area contributed by atoms with Gasteiger partial charge in [-0.3, -0.25) is 14.5 Å². The van der Waals surface area contributed by atoms with Crippen LogP contribution >= 0.6 is 0 Å². The van der Waals surface area contributed by atoms with Crippen molar-refractivity contribution in [2.45, 2.75) is 12.5 Å². The zero-order valence-corrected chi connectivity index (χ0v) is 24.9. The highest BCUT2D eigenvalue weighted by Gasteiger charge is 2.35. The number of ether oxygens (including phenoxy) is 5. The predicted octanol–water partition coefficient (Wildman–Crippen LogP) is 3.58. The van der Waals surface area contributed by atoms with Crippen LogP contribution in [0.15, 0.2) is 71.8 Å². The molecule has 1 atom stereocenters. The number of nitrogens with zero attached hydrogens (tertiary/aromatic N) is 4. The van der Waals surface area contributed by atoms with Gasteiger partial charge in [0, 0.05) is 38.2 Å². The molecule has 3 aliphatic heterocycles. The average Bonchev–Trinajstić information content (AvgIpc) is 3.74. The minimum Gasteiger partial charge on any atom is -0.497 e. The Balaban J connectivity index is 1.27. The van der Waals surface area contributed by atoms with E-state index in [-0.39, 0.29) is 31.2 Å². The molecule has 0 N–H and O–H groups in total. The van der Waals surface area contributed by atoms with E-state index in [4.69, 9.17) is 28.8 Å². The highest BCUT2D eigenvalue weighted by Crippen LogP contribution is 2.39. The smallest absolute Gasteiger partial charge is 0.262 e. The second kappa shape index (κ2) is 13.4. The Morgan fingerprint density at radius 2 is 1.59 bits per heavy atom. The Labute approximate surface area is 256 Å². The first-order chi connectivity index (χ1) is 21.5. The second-order valence-corrected chi connectivity index (χ2v) is 10.8. The lowest BCUT2D eigenvalue weighted by Crippen LogP contribution is -2.46. The van der Waals surface area contributed by atoms with Crippen LogP contribution < -0.4 is 18.9 Å². The van der Waals surface area contributed by atoms with E-state index >= 15 is 0 Å². The molecule has 6 rings (SSSR count). The van der Waals surface area contributed by atoms with Gasteiger partial charge in [-0.2, -0.15) is 5.10 Å². The number of hydrazone groups is 1. The van der Waals surface area contributed by atoms with Gasteiger partial charge in [0.25, 0.3) is 11.8 Å². The SMILES string of the molecule is COc1ccc(C(=O)N(CCN2CCOCC2)CC(=O)N2N=C(c3ccc(OC)cc3)C[C@@H]2c2ccc3c(c2)OCO3)cc1. The third-order valence-electron chi connectivity index (χ3n) is 8.11. The molecule has 2 amide bonds. The van der Waals surface area contributed by atoms with Crippen molar-refractivity contribution in [2.24, 2.45) is 5.10 Å². The maximum Gasteiger partial charge on any atom is 0.262 e. The minimum atomic E-state index is -0.383. The maximum atomic E-state index is 14.1. The number of hydrogen-bond acceptors (Lipinski definition) is 9. The second-order valence-electron chi connectivity index (χ2n) is 10.8. The standard InChI is InChI=1S/C33H36N4O7/c1-40-26-8-3-23(4-9-26)28-20-29(25-7-12-30-31(19-25)44-22-43-30)37(34-28)32(38)21-36(14-13-35-15-17-42-18-16-35)33(39)24-5-10-27(41-2)11-6-24/h3-12,19,29H,13-18,20-22H2,1-2H3/t29-/m1/s1. The molecule has 0 bridgehead atoms. The van der Waals surface area contributed by atoms with Crippen LogP contribution in [0.2, 0.25) is 0 Å². The third kappa shape index (κ3) is 6.48. The highest BCUT2D eigenvalue weighted by atomic mass is 16.7. The summed E-state index contributed by atoms with van der Waals surface area (Å²) >= 11 is 0. The maximum absolute atomic E-state index is 14.1. The van der Waals surface area contributed by atoms with Crippen molar-refractivity contribution in [3.63, 3.8) is 0 Å². The van der Waals surface area contributed by atoms with Crippen LogP contribution in [0.1, 0.15) is 33.9 Å². The Bertz CT molecular complexity index is 1500. The fraction of sp³-hybridized carbons (Fsp3) is 0.364. The number of morpholine rings is 1. The Kier molecular flexibility index (Phi) is 8.94. The van der Waals surface area contributed by atoms with E-state index in [1.807, 2.05) is 42.5 Å². The topological polar surface area (TPSA) is 102 Å². The molecule has 230 valence electrons. The summed E-state index contributed by atoms with van der Waals surface area (Å²) in [6.45, 7) is 3.91. The number of rotatable bonds is 10. The molecule has 3 aliphatic rings. The van der Waals surface area contributed by atoms with Crippen molar-refractivity contribution < 1.29 is 33.3 Å². The number of hydrogen-bond donors (Lipinski definition) is 0. The summed E-state index contributed by atoms with van der Waals surface area (Å²) < 4.78 is 27.2. The van der Waals surface area contributed by atoms with Crippen LogP contribution in [0.25, 0.3) is 0 Å². The lowest BCUT2D eigenvalue weighted by molar-refractivity contribution is -0.133. The Hall–Kier alpha value is -4.61. The molecule has 0 spiro atoms. The van der Waals surface area contributed by atoms with Gasteiger partial charge in [-0.15, -0.1) is 0 Å². The number of amides is 2. The molecule has 3 aromatic carbocycles. The van der Waals surface area contributed by atoms with E-state index in [9.17, 15) is 9.59 Å². The summed E-state index contributed by atoms with van der Waals surface area (Å²) in [4.78, 5) is 31.8. The first-order valence-electron chi connectivity index (χ1n) is 14.7. The molecule has 11 nitrogen and oxygen atoms in total. The van der Waals surface area contributed by atoms with Crippen LogP contribution in [-0.2, 0) is 9.53 Å². The summed E-state index contributed by atoms with van der Waals surface area (Å²) in [5.41, 5.74) is 3.02. The molecule has 0 aromatic heterocycles. The average molecular weight is 601 g/mol. The normalized spacial score (nSPS) is 17.7. The van der Waals surface area contributed by atoms with E-state index in [0.717, 1.165) is 35.7 Å². The molecule has 3 heterocycles. The van der Waals surface area contributed by atoms with Crippen LogP contribution in [-0.4, -0.2) is 99.3 Å². The number of carbonyl (C=O) groups excluding carboxylic acids is 2. The number of fused-ring (bicyclic) bond motifs is 1. The largest absolute Gasteiger partial charge is 0.497 e. The molecule has 1 fully saturated rings. The molecule has 0 radical (unpaired) electrons. The predicted molar refractivity (Wildman–Crippen MR) is 162 cm³/mol. The van der Waals surface area contributed by atoms with E-state index in [2.05, 4.69) is 4.90 Å². The molecule has 3 aromatic rings. The monoisotopic (exact) mass is 600 g/mol. The lowest BCUT2D eigenvalue weighted by atomic mass is 9.98. The number of methoxy groups -OCH3 is 2. The summed E-state index contributed by atoms with van der Waals surface area (Å²) in [6, 6.07) is 19.9. The van der Waals surface area contributed by atoms with Gasteiger partial charge in [-0.1, -0.05) is 6.07 Å². The first kappa shape index (κ1) is 29.5. The van der Waals surface area contributed by atoms with Crippen molar-refractivity contribution in [2.75, 3.05) is 67.0 Å². The van der Waals surface area contributed by atoms with E-state index in [1.165, 1.54) is 5.01 Å². The van der Waals surface area contributed by atoms with Crippen molar-refractivity contribution in [1.82, 2.24) is 14.8 Å². The van der Waals surface area contributed by atoms with Crippen LogP contribution in [0.3, 0.4) is 0 Å². The number of carbonyl (C=O) groups is 2. The van der Waals surface area contributed by atoms with E-state index in [0.29, 0.717) is 55.5 Å². The fourth-order valence-corrected chi connectivity index (χ4v) is 5.57. The van der Waals surface area contributed by atoms with Gasteiger partial charge in [0.05, 0.1) is 39.2 Å². The summed E-state index contributed by atoms with van der Waals surface area (Å²) in [5.74, 6) is 2.18. The Morgan fingerprint density at radius 3 is 2.30 bits per heavy atom. The molecule has 0 saturated carbocycles. The van der Waals surface area contributed by atoms with E-state index < -0.39 is 0 Å². The van der Waals surface area contributed by atoms with Crippen molar-refractivity contribution in [1.29, 1.82) is 0 Å². The highest BCUT2D eigenvalue weighted by molar-refractivity contribution is 6.04. The minimum absolute atomic E-state index is 0.129. The van der Waals surface area contributed by atoms with Crippen LogP contribution in [0.5, 0.6) is 23.0 Å². The van der Waals surface area contributed by atoms with Gasteiger partial charge >= 0.3 is 0 Å². The molecule has 11 heteroatoms. The summed E-state index contributed by atoms with van der Waals surface area (Å²) in [5, 5.41) is 6.34. The molecule has 0 unspecified atom stereocenters. The van der Waals surface area contributed by atoms with Gasteiger partial charge in [0.2, 0.25) is 6.79 Å². The molecule has 1 saturated heterocycles. The van der Waals surface area contributed by atoms with Crippen LogP contribution in [0, 0.1) is 0 Å². The van der Waals surface area contributed by atoms with Gasteiger partial charge in [0.1, 0.15) is 18.0 Å². The zero-order valence-electron chi connectivity index (χ0n) is 24.9. The van der Waals surface area contributed by atoms with Crippen molar-refractivity contribution in [3.8, 4) is 23.0 Å². The van der Waals surface area contributed by atoms with Gasteiger partial charge in [-0.25, -0.2) is 5.01 Å². The van der Waals surface area contributed by atoms with Gasteiger partial charge < -0.3 is 28.6 Å². The fourth-order valence-electron chi connectivity index (χ4n) is 5.57. The molecule has 44 heavy (non-hydrogen) atoms. The molecular formula is C33H36N4O7. The van der Waals surface area contributed by atoms with Gasteiger partial charge in [0.15, 0.2) is 11.5 Å². The van der Waals surface area contributed by atoms with Crippen molar-refractivity contribution >= 4 is 17.5 Å². The van der Waals surface area contributed by atoms with Crippen molar-refractivity contribution in [3.05, 3.63) is 83.4 Å². The number of benzene rings is 3. The molecular weight excluding hydrogens is 564 g/mol. The quantitative estimate of drug-likeness (QED) is 0.348. The summed E-state index contributed by atoms with van der Waals surface area (Å²) in [6.07, 6.45) is 0.498.